The molecule has 4 aromatic heterocycles. The Morgan fingerprint density at radius 1 is 0.700 bits per heavy atom. The van der Waals surface area contributed by atoms with E-state index in [-0.39, 0.29) is 0 Å². The van der Waals surface area contributed by atoms with E-state index in [2.05, 4.69) is 26.0 Å². The van der Waals surface area contributed by atoms with Crippen molar-refractivity contribution in [1.29, 1.82) is 0 Å². The number of hydrogen-bond acceptors (Lipinski definition) is 4. The van der Waals surface area contributed by atoms with Crippen molar-refractivity contribution in [3.05, 3.63) is 61.3 Å². The topological polar surface area (TPSA) is 51.6 Å². The minimum Gasteiger partial charge on any atom is -0.264 e. The first-order valence-corrected chi connectivity index (χ1v) is 6.31. The van der Waals surface area contributed by atoms with Gasteiger partial charge >= 0.3 is 0 Å². The third kappa shape index (κ3) is 1.78. The van der Waals surface area contributed by atoms with Gasteiger partial charge in [-0.15, -0.1) is 0 Å². The zero-order valence-electron chi connectivity index (χ0n) is 10.6. The summed E-state index contributed by atoms with van der Waals surface area (Å²) in [5, 5.41) is 2.09. The molecule has 0 spiro atoms. The molecule has 4 aromatic rings. The van der Waals surface area contributed by atoms with Crippen LogP contribution in [0.2, 0.25) is 0 Å². The van der Waals surface area contributed by atoms with Gasteiger partial charge in [-0.2, -0.15) is 0 Å². The predicted octanol–water partition coefficient (Wildman–Crippen LogP) is 3.24. The van der Waals surface area contributed by atoms with Crippen molar-refractivity contribution in [3.63, 3.8) is 0 Å². The maximum atomic E-state index is 4.63. The van der Waals surface area contributed by atoms with Crippen LogP contribution >= 0.6 is 0 Å². The number of rotatable bonds is 1. The Labute approximate surface area is 115 Å². The number of aromatic nitrogens is 4. The highest BCUT2D eigenvalue weighted by atomic mass is 14.8. The van der Waals surface area contributed by atoms with Crippen LogP contribution in [-0.2, 0) is 0 Å². The highest BCUT2D eigenvalue weighted by Gasteiger charge is 2.03. The molecule has 0 saturated heterocycles. The summed E-state index contributed by atoms with van der Waals surface area (Å²) in [6.07, 6.45) is 8.94. The molecule has 4 nitrogen and oxygen atoms in total. The Morgan fingerprint density at radius 2 is 1.60 bits per heavy atom. The lowest BCUT2D eigenvalue weighted by atomic mass is 10.1. The lowest BCUT2D eigenvalue weighted by molar-refractivity contribution is 1.29. The van der Waals surface area contributed by atoms with E-state index in [1.54, 1.807) is 18.6 Å². The average Bonchev–Trinajstić information content (AvgIpc) is 2.54. The van der Waals surface area contributed by atoms with Gasteiger partial charge in [0.25, 0.3) is 0 Å². The van der Waals surface area contributed by atoms with Gasteiger partial charge in [0.1, 0.15) is 0 Å². The zero-order chi connectivity index (χ0) is 13.4. The second-order valence-corrected chi connectivity index (χ2v) is 4.56. The van der Waals surface area contributed by atoms with E-state index in [9.17, 15) is 0 Å². The minimum atomic E-state index is 0.885. The van der Waals surface area contributed by atoms with Crippen LogP contribution in [0.3, 0.4) is 0 Å². The number of hydrogen-bond donors (Lipinski definition) is 0. The fourth-order valence-electron chi connectivity index (χ4n) is 2.24. The quantitative estimate of drug-likeness (QED) is 0.526. The van der Waals surface area contributed by atoms with E-state index in [0.717, 1.165) is 33.1 Å². The molecule has 0 bridgehead atoms. The van der Waals surface area contributed by atoms with Crippen LogP contribution in [0.4, 0.5) is 0 Å². The molecule has 0 aliphatic heterocycles. The van der Waals surface area contributed by atoms with E-state index in [1.165, 1.54) is 0 Å². The summed E-state index contributed by atoms with van der Waals surface area (Å²) in [6.45, 7) is 0. The molecular weight excluding hydrogens is 248 g/mol. The summed E-state index contributed by atoms with van der Waals surface area (Å²) in [7, 11) is 0. The fourth-order valence-corrected chi connectivity index (χ4v) is 2.24. The molecule has 0 aliphatic rings. The Morgan fingerprint density at radius 3 is 2.60 bits per heavy atom. The molecule has 0 aromatic carbocycles. The SMILES string of the molecule is c1cc2ncc(-c3ccc4ccncc4n3)cc2cn1. The van der Waals surface area contributed by atoms with E-state index in [0.29, 0.717) is 0 Å². The van der Waals surface area contributed by atoms with Gasteiger partial charge < -0.3 is 0 Å². The monoisotopic (exact) mass is 258 g/mol. The Hall–Kier alpha value is -2.88. The van der Waals surface area contributed by atoms with Crippen LogP contribution in [-0.4, -0.2) is 19.9 Å². The van der Waals surface area contributed by atoms with Gasteiger partial charge in [-0.1, -0.05) is 6.07 Å². The van der Waals surface area contributed by atoms with E-state index >= 15 is 0 Å². The van der Waals surface area contributed by atoms with Crippen molar-refractivity contribution in [2.45, 2.75) is 0 Å². The largest absolute Gasteiger partial charge is 0.264 e. The molecule has 0 aliphatic carbocycles. The molecule has 20 heavy (non-hydrogen) atoms. The van der Waals surface area contributed by atoms with Gasteiger partial charge in [-0.25, -0.2) is 4.98 Å². The minimum absolute atomic E-state index is 0.885. The molecule has 0 atom stereocenters. The van der Waals surface area contributed by atoms with E-state index in [4.69, 9.17) is 0 Å². The third-order valence-corrected chi connectivity index (χ3v) is 3.27. The molecule has 0 N–H and O–H groups in total. The Bertz CT molecular complexity index is 841. The average molecular weight is 258 g/mol. The number of nitrogens with zero attached hydrogens (tertiary/aromatic N) is 4. The lowest BCUT2D eigenvalue weighted by Gasteiger charge is -2.04. The van der Waals surface area contributed by atoms with E-state index in [1.807, 2.05) is 36.7 Å². The van der Waals surface area contributed by atoms with Gasteiger partial charge in [0.15, 0.2) is 0 Å². The predicted molar refractivity (Wildman–Crippen MR) is 78.1 cm³/mol. The molecule has 0 saturated carbocycles. The first-order valence-electron chi connectivity index (χ1n) is 6.31. The van der Waals surface area contributed by atoms with Crippen LogP contribution < -0.4 is 0 Å². The summed E-state index contributed by atoms with van der Waals surface area (Å²) >= 11 is 0. The maximum Gasteiger partial charge on any atom is 0.0892 e. The molecular formula is C16H10N4. The van der Waals surface area contributed by atoms with Gasteiger partial charge in [-0.05, 0) is 24.3 Å². The summed E-state index contributed by atoms with van der Waals surface area (Å²) in [4.78, 5) is 17.3. The lowest BCUT2D eigenvalue weighted by Crippen LogP contribution is -1.88. The third-order valence-electron chi connectivity index (χ3n) is 3.27. The molecule has 0 fully saturated rings. The molecule has 4 heterocycles. The maximum absolute atomic E-state index is 4.63. The second-order valence-electron chi connectivity index (χ2n) is 4.56. The highest BCUT2D eigenvalue weighted by Crippen LogP contribution is 2.22. The van der Waals surface area contributed by atoms with Crippen molar-refractivity contribution >= 4 is 21.8 Å². The Balaban J connectivity index is 1.91. The van der Waals surface area contributed by atoms with Gasteiger partial charge in [-0.3, -0.25) is 15.0 Å². The molecule has 0 radical (unpaired) electrons. The van der Waals surface area contributed by atoms with Crippen LogP contribution in [0, 0.1) is 0 Å². The molecule has 94 valence electrons. The van der Waals surface area contributed by atoms with Gasteiger partial charge in [0.2, 0.25) is 0 Å². The summed E-state index contributed by atoms with van der Waals surface area (Å²) < 4.78 is 0. The first-order chi connectivity index (χ1) is 9.90. The number of pyridine rings is 4. The van der Waals surface area contributed by atoms with Crippen molar-refractivity contribution in [3.8, 4) is 11.3 Å². The molecule has 0 amide bonds. The normalized spacial score (nSPS) is 11.0. The standard InChI is InChI=1S/C16H10N4/c1-2-15(20-16-10-18-5-3-11(1)16)13-7-12-8-17-6-4-14(12)19-9-13/h1-10H. The summed E-state index contributed by atoms with van der Waals surface area (Å²) in [6, 6.07) is 9.96. The first kappa shape index (κ1) is 11.0. The van der Waals surface area contributed by atoms with E-state index < -0.39 is 0 Å². The number of fused-ring (bicyclic) bond motifs is 2. The summed E-state index contributed by atoms with van der Waals surface area (Å²) in [5.41, 5.74) is 3.70. The van der Waals surface area contributed by atoms with Crippen LogP contribution in [0.25, 0.3) is 33.1 Å². The van der Waals surface area contributed by atoms with Gasteiger partial charge in [0, 0.05) is 41.1 Å². The fraction of sp³-hybridized carbons (Fsp3) is 0. The van der Waals surface area contributed by atoms with Crippen LogP contribution in [0.1, 0.15) is 0 Å². The van der Waals surface area contributed by atoms with Crippen LogP contribution in [0.15, 0.2) is 61.3 Å². The van der Waals surface area contributed by atoms with Crippen LogP contribution in [0.5, 0.6) is 0 Å². The highest BCUT2D eigenvalue weighted by molar-refractivity contribution is 5.84. The van der Waals surface area contributed by atoms with Crippen molar-refractivity contribution in [2.75, 3.05) is 0 Å². The van der Waals surface area contributed by atoms with Crippen molar-refractivity contribution < 1.29 is 0 Å². The van der Waals surface area contributed by atoms with Crippen molar-refractivity contribution in [1.82, 2.24) is 19.9 Å². The smallest absolute Gasteiger partial charge is 0.0892 e. The summed E-state index contributed by atoms with van der Waals surface area (Å²) in [5.74, 6) is 0. The molecule has 4 rings (SSSR count). The van der Waals surface area contributed by atoms with Gasteiger partial charge in [0.05, 0.1) is 22.9 Å². The Kier molecular flexibility index (Phi) is 2.39. The van der Waals surface area contributed by atoms with Crippen molar-refractivity contribution in [2.24, 2.45) is 0 Å². The molecule has 0 unspecified atom stereocenters. The molecule has 4 heteroatoms. The second kappa shape index (κ2) is 4.35. The zero-order valence-corrected chi connectivity index (χ0v) is 10.6.